The van der Waals surface area contributed by atoms with Crippen molar-refractivity contribution in [2.24, 2.45) is 23.0 Å². The zero-order valence-corrected chi connectivity index (χ0v) is 10.6. The van der Waals surface area contributed by atoms with Crippen molar-refractivity contribution in [3.05, 3.63) is 12.7 Å². The standard InChI is InChI=1S/C13H24N2O/c1-5-11(15-4)10-6-9(2)7-13(3,8-10)12(14)16/h5,9-11,15H,1,6-8H2,2-4H3,(H2,14,16). The van der Waals surface area contributed by atoms with Crippen LogP contribution < -0.4 is 11.1 Å². The molecule has 0 saturated heterocycles. The second-order valence-corrected chi connectivity index (χ2v) is 5.48. The molecule has 4 unspecified atom stereocenters. The van der Waals surface area contributed by atoms with Gasteiger partial charge in [0.15, 0.2) is 0 Å². The fraction of sp³-hybridized carbons (Fsp3) is 0.769. The number of carbonyl (C=O) groups is 1. The van der Waals surface area contributed by atoms with Gasteiger partial charge >= 0.3 is 0 Å². The number of nitrogens with two attached hydrogens (primary N) is 1. The van der Waals surface area contributed by atoms with E-state index in [0.717, 1.165) is 19.3 Å². The van der Waals surface area contributed by atoms with Crippen molar-refractivity contribution in [1.29, 1.82) is 0 Å². The normalized spacial score (nSPS) is 36.7. The second kappa shape index (κ2) is 5.00. The van der Waals surface area contributed by atoms with Crippen molar-refractivity contribution < 1.29 is 4.79 Å². The van der Waals surface area contributed by atoms with E-state index in [1.807, 2.05) is 20.0 Å². The minimum atomic E-state index is -0.347. The highest BCUT2D eigenvalue weighted by atomic mass is 16.1. The average molecular weight is 224 g/mol. The monoisotopic (exact) mass is 224 g/mol. The molecule has 1 saturated carbocycles. The molecule has 0 aromatic rings. The molecule has 1 amide bonds. The van der Waals surface area contributed by atoms with Gasteiger partial charge in [-0.15, -0.1) is 6.58 Å². The number of amides is 1. The van der Waals surface area contributed by atoms with Gasteiger partial charge in [-0.1, -0.05) is 19.9 Å². The van der Waals surface area contributed by atoms with Crippen LogP contribution in [0.2, 0.25) is 0 Å². The molecule has 0 bridgehead atoms. The third-order valence-electron chi connectivity index (χ3n) is 3.91. The highest BCUT2D eigenvalue weighted by Gasteiger charge is 2.41. The van der Waals surface area contributed by atoms with Gasteiger partial charge in [-0.3, -0.25) is 4.79 Å². The minimum Gasteiger partial charge on any atom is -0.369 e. The summed E-state index contributed by atoms with van der Waals surface area (Å²) in [4.78, 5) is 11.5. The van der Waals surface area contributed by atoms with Crippen molar-refractivity contribution in [3.8, 4) is 0 Å². The predicted molar refractivity (Wildman–Crippen MR) is 66.9 cm³/mol. The van der Waals surface area contributed by atoms with Gasteiger partial charge < -0.3 is 11.1 Å². The van der Waals surface area contributed by atoms with E-state index in [2.05, 4.69) is 18.8 Å². The molecule has 1 fully saturated rings. The quantitative estimate of drug-likeness (QED) is 0.714. The molecule has 0 spiro atoms. The number of likely N-dealkylation sites (N-methyl/N-ethyl adjacent to an activating group) is 1. The van der Waals surface area contributed by atoms with Crippen LogP contribution in [0.4, 0.5) is 0 Å². The van der Waals surface area contributed by atoms with Gasteiger partial charge in [0.2, 0.25) is 5.91 Å². The molecule has 4 atom stereocenters. The summed E-state index contributed by atoms with van der Waals surface area (Å²) in [7, 11) is 1.94. The predicted octanol–water partition coefficient (Wildman–Crippen LogP) is 1.69. The van der Waals surface area contributed by atoms with Gasteiger partial charge in [-0.2, -0.15) is 0 Å². The maximum atomic E-state index is 11.5. The topological polar surface area (TPSA) is 55.1 Å². The van der Waals surface area contributed by atoms with E-state index in [0.29, 0.717) is 11.8 Å². The van der Waals surface area contributed by atoms with Gasteiger partial charge in [0.1, 0.15) is 0 Å². The van der Waals surface area contributed by atoms with Gasteiger partial charge in [0.05, 0.1) is 0 Å². The van der Waals surface area contributed by atoms with Crippen molar-refractivity contribution in [1.82, 2.24) is 5.32 Å². The Morgan fingerprint density at radius 3 is 2.69 bits per heavy atom. The average Bonchev–Trinajstić information content (AvgIpc) is 2.18. The molecule has 3 heteroatoms. The van der Waals surface area contributed by atoms with Gasteiger partial charge in [-0.25, -0.2) is 0 Å². The van der Waals surface area contributed by atoms with Crippen molar-refractivity contribution >= 4 is 5.91 Å². The molecule has 92 valence electrons. The SMILES string of the molecule is C=CC(NC)C1CC(C)CC(C)(C(N)=O)C1. The van der Waals surface area contributed by atoms with E-state index in [1.165, 1.54) is 0 Å². The molecule has 0 aromatic heterocycles. The summed E-state index contributed by atoms with van der Waals surface area (Å²) in [5, 5.41) is 3.25. The molecular weight excluding hydrogens is 200 g/mol. The summed E-state index contributed by atoms with van der Waals surface area (Å²) in [6.07, 6.45) is 4.85. The van der Waals surface area contributed by atoms with E-state index < -0.39 is 0 Å². The van der Waals surface area contributed by atoms with Crippen LogP contribution in [0.1, 0.15) is 33.1 Å². The third-order valence-corrected chi connectivity index (χ3v) is 3.91. The Kier molecular flexibility index (Phi) is 4.14. The summed E-state index contributed by atoms with van der Waals surface area (Å²) in [5.41, 5.74) is 5.18. The van der Waals surface area contributed by atoms with Crippen molar-refractivity contribution in [2.75, 3.05) is 7.05 Å². The molecule has 3 N–H and O–H groups in total. The lowest BCUT2D eigenvalue weighted by atomic mass is 9.65. The maximum absolute atomic E-state index is 11.5. The molecule has 0 aliphatic heterocycles. The van der Waals surface area contributed by atoms with E-state index in [4.69, 9.17) is 5.73 Å². The lowest BCUT2D eigenvalue weighted by Gasteiger charge is -2.41. The highest BCUT2D eigenvalue weighted by molar-refractivity contribution is 5.80. The van der Waals surface area contributed by atoms with Crippen LogP contribution in [0, 0.1) is 17.3 Å². The molecule has 0 heterocycles. The van der Waals surface area contributed by atoms with Crippen LogP contribution in [0.3, 0.4) is 0 Å². The van der Waals surface area contributed by atoms with E-state index in [-0.39, 0.29) is 17.4 Å². The van der Waals surface area contributed by atoms with Gasteiger partial charge in [0, 0.05) is 11.5 Å². The third kappa shape index (κ3) is 2.64. The Balaban J connectivity index is 2.82. The Morgan fingerprint density at radius 1 is 1.62 bits per heavy atom. The zero-order valence-electron chi connectivity index (χ0n) is 10.6. The second-order valence-electron chi connectivity index (χ2n) is 5.48. The Hall–Kier alpha value is -0.830. The molecule has 1 rings (SSSR count). The molecule has 1 aliphatic carbocycles. The summed E-state index contributed by atoms with van der Waals surface area (Å²) >= 11 is 0. The van der Waals surface area contributed by atoms with Crippen LogP contribution in [-0.2, 0) is 4.79 Å². The molecule has 1 aliphatic rings. The van der Waals surface area contributed by atoms with Crippen LogP contribution in [-0.4, -0.2) is 19.0 Å². The van der Waals surface area contributed by atoms with Crippen molar-refractivity contribution in [2.45, 2.75) is 39.2 Å². The molecular formula is C13H24N2O. The number of nitrogens with one attached hydrogen (secondary N) is 1. The number of carbonyl (C=O) groups excluding carboxylic acids is 1. The first-order valence-corrected chi connectivity index (χ1v) is 6.02. The summed E-state index contributed by atoms with van der Waals surface area (Å²) in [6.45, 7) is 8.04. The van der Waals surface area contributed by atoms with E-state index in [9.17, 15) is 4.79 Å². The molecule has 0 radical (unpaired) electrons. The maximum Gasteiger partial charge on any atom is 0.223 e. The summed E-state index contributed by atoms with van der Waals surface area (Å²) in [6, 6.07) is 0.279. The first-order chi connectivity index (χ1) is 7.42. The van der Waals surface area contributed by atoms with Gasteiger partial charge in [0.25, 0.3) is 0 Å². The Bertz CT molecular complexity index is 277. The van der Waals surface area contributed by atoms with E-state index in [1.54, 1.807) is 0 Å². The minimum absolute atomic E-state index is 0.164. The number of primary amides is 1. The van der Waals surface area contributed by atoms with Crippen LogP contribution in [0.5, 0.6) is 0 Å². The molecule has 3 nitrogen and oxygen atoms in total. The fourth-order valence-electron chi connectivity index (χ4n) is 3.14. The van der Waals surface area contributed by atoms with Crippen LogP contribution in [0.15, 0.2) is 12.7 Å². The van der Waals surface area contributed by atoms with Crippen molar-refractivity contribution in [3.63, 3.8) is 0 Å². The summed E-state index contributed by atoms with van der Waals surface area (Å²) < 4.78 is 0. The number of hydrogen-bond donors (Lipinski definition) is 2. The highest BCUT2D eigenvalue weighted by Crippen LogP contribution is 2.43. The zero-order chi connectivity index (χ0) is 12.3. The number of hydrogen-bond acceptors (Lipinski definition) is 2. The Morgan fingerprint density at radius 2 is 2.25 bits per heavy atom. The lowest BCUT2D eigenvalue weighted by molar-refractivity contribution is -0.130. The lowest BCUT2D eigenvalue weighted by Crippen LogP contribution is -2.45. The van der Waals surface area contributed by atoms with Crippen LogP contribution in [0.25, 0.3) is 0 Å². The fourth-order valence-corrected chi connectivity index (χ4v) is 3.14. The first kappa shape index (κ1) is 13.2. The van der Waals surface area contributed by atoms with E-state index >= 15 is 0 Å². The summed E-state index contributed by atoms with van der Waals surface area (Å²) in [5.74, 6) is 0.846. The van der Waals surface area contributed by atoms with Gasteiger partial charge in [-0.05, 0) is 38.1 Å². The molecule has 0 aromatic carbocycles. The largest absolute Gasteiger partial charge is 0.369 e. The first-order valence-electron chi connectivity index (χ1n) is 6.02. The van der Waals surface area contributed by atoms with Crippen LogP contribution >= 0.6 is 0 Å². The number of rotatable bonds is 4. The molecule has 16 heavy (non-hydrogen) atoms. The Labute approximate surface area is 98.5 Å². The smallest absolute Gasteiger partial charge is 0.223 e.